The minimum absolute atomic E-state index is 0.309. The Hall–Kier alpha value is -4.07. The van der Waals surface area contributed by atoms with Crippen molar-refractivity contribution in [1.82, 2.24) is 9.13 Å². The van der Waals surface area contributed by atoms with Gasteiger partial charge in [0.25, 0.3) is 5.56 Å². The van der Waals surface area contributed by atoms with Crippen LogP contribution in [-0.2, 0) is 30.2 Å². The SMILES string of the molecule is COC(=O)C1=C(C)Nc2c(c(=O)n(C)c(=O)n2C)[C@H]1c1ccc(OCc2ccccc2)cc1. The van der Waals surface area contributed by atoms with Crippen LogP contribution in [0.2, 0.25) is 0 Å². The van der Waals surface area contributed by atoms with Gasteiger partial charge in [-0.3, -0.25) is 13.9 Å². The van der Waals surface area contributed by atoms with Gasteiger partial charge in [-0.1, -0.05) is 42.5 Å². The minimum atomic E-state index is -0.706. The van der Waals surface area contributed by atoms with Crippen LogP contribution < -0.4 is 21.3 Å². The smallest absolute Gasteiger partial charge is 0.336 e. The highest BCUT2D eigenvalue weighted by Crippen LogP contribution is 2.40. The van der Waals surface area contributed by atoms with Crippen LogP contribution in [0.3, 0.4) is 0 Å². The number of nitrogens with zero attached hydrogens (tertiary/aromatic N) is 2. The summed E-state index contributed by atoms with van der Waals surface area (Å²) >= 11 is 0. The molecular weight excluding hydrogens is 422 g/mol. The number of hydrogen-bond donors (Lipinski definition) is 1. The molecular formula is C25H25N3O5. The Morgan fingerprint density at radius 2 is 1.67 bits per heavy atom. The lowest BCUT2D eigenvalue weighted by Crippen LogP contribution is -2.43. The minimum Gasteiger partial charge on any atom is -0.489 e. The quantitative estimate of drug-likeness (QED) is 0.605. The van der Waals surface area contributed by atoms with Gasteiger partial charge in [-0.2, -0.15) is 0 Å². The lowest BCUT2D eigenvalue weighted by molar-refractivity contribution is -0.136. The number of benzene rings is 2. The van der Waals surface area contributed by atoms with Crippen LogP contribution >= 0.6 is 0 Å². The molecule has 8 heteroatoms. The molecule has 0 fully saturated rings. The predicted molar refractivity (Wildman–Crippen MR) is 124 cm³/mol. The monoisotopic (exact) mass is 447 g/mol. The molecule has 0 amide bonds. The zero-order chi connectivity index (χ0) is 23.7. The lowest BCUT2D eigenvalue weighted by Gasteiger charge is -2.30. The van der Waals surface area contributed by atoms with Crippen molar-refractivity contribution < 1.29 is 14.3 Å². The normalized spacial score (nSPS) is 15.0. The number of aromatic nitrogens is 2. The van der Waals surface area contributed by atoms with E-state index in [1.807, 2.05) is 42.5 Å². The first kappa shape index (κ1) is 22.1. The highest BCUT2D eigenvalue weighted by Gasteiger charge is 2.37. The van der Waals surface area contributed by atoms with Crippen LogP contribution in [0.1, 0.15) is 29.5 Å². The van der Waals surface area contributed by atoms with Crippen LogP contribution in [0, 0.1) is 0 Å². The Balaban J connectivity index is 1.78. The summed E-state index contributed by atoms with van der Waals surface area (Å²) in [4.78, 5) is 38.4. The molecule has 8 nitrogen and oxygen atoms in total. The van der Waals surface area contributed by atoms with Crippen molar-refractivity contribution in [1.29, 1.82) is 0 Å². The summed E-state index contributed by atoms with van der Waals surface area (Å²) in [7, 11) is 4.31. The first-order valence-corrected chi connectivity index (χ1v) is 10.5. The topological polar surface area (TPSA) is 91.6 Å². The number of fused-ring (bicyclic) bond motifs is 1. The molecule has 3 aromatic rings. The molecule has 1 N–H and O–H groups in total. The average molecular weight is 447 g/mol. The van der Waals surface area contributed by atoms with Gasteiger partial charge in [-0.25, -0.2) is 9.59 Å². The number of esters is 1. The van der Waals surface area contributed by atoms with Crippen LogP contribution in [0.4, 0.5) is 5.82 Å². The summed E-state index contributed by atoms with van der Waals surface area (Å²) < 4.78 is 13.3. The second-order valence-electron chi connectivity index (χ2n) is 7.90. The fraction of sp³-hybridized carbons (Fsp3) is 0.240. The molecule has 1 aliphatic heterocycles. The summed E-state index contributed by atoms with van der Waals surface area (Å²) in [6.07, 6.45) is 0. The van der Waals surface area contributed by atoms with E-state index in [-0.39, 0.29) is 0 Å². The Kier molecular flexibility index (Phi) is 5.91. The number of nitrogens with one attached hydrogen (secondary N) is 1. The third-order valence-corrected chi connectivity index (χ3v) is 5.85. The van der Waals surface area contributed by atoms with Crippen LogP contribution in [0.15, 0.2) is 75.5 Å². The maximum atomic E-state index is 13.2. The summed E-state index contributed by atoms with van der Waals surface area (Å²) in [5.74, 6) is -0.230. The molecule has 0 spiro atoms. The molecule has 0 unspecified atom stereocenters. The fourth-order valence-electron chi connectivity index (χ4n) is 4.10. The van der Waals surface area contributed by atoms with Crippen LogP contribution in [-0.4, -0.2) is 22.2 Å². The first-order valence-electron chi connectivity index (χ1n) is 10.5. The zero-order valence-corrected chi connectivity index (χ0v) is 18.9. The number of ether oxygens (including phenoxy) is 2. The molecule has 170 valence electrons. The number of rotatable bonds is 5. The van der Waals surface area contributed by atoms with E-state index in [1.54, 1.807) is 26.1 Å². The Bertz CT molecular complexity index is 1350. The van der Waals surface area contributed by atoms with Crippen molar-refractivity contribution in [3.05, 3.63) is 103 Å². The largest absolute Gasteiger partial charge is 0.489 e. The van der Waals surface area contributed by atoms with Gasteiger partial charge in [-0.05, 0) is 30.2 Å². The van der Waals surface area contributed by atoms with Gasteiger partial charge < -0.3 is 14.8 Å². The van der Waals surface area contributed by atoms with Crippen molar-refractivity contribution in [3.63, 3.8) is 0 Å². The van der Waals surface area contributed by atoms with Crippen LogP contribution in [0.5, 0.6) is 5.75 Å². The van der Waals surface area contributed by atoms with E-state index in [9.17, 15) is 14.4 Å². The molecule has 1 atom stereocenters. The van der Waals surface area contributed by atoms with Crippen molar-refractivity contribution in [2.24, 2.45) is 14.1 Å². The highest BCUT2D eigenvalue weighted by molar-refractivity contribution is 5.94. The highest BCUT2D eigenvalue weighted by atomic mass is 16.5. The summed E-state index contributed by atoms with van der Waals surface area (Å²) in [6, 6.07) is 17.1. The molecule has 1 aromatic heterocycles. The van der Waals surface area contributed by atoms with Gasteiger partial charge in [0.05, 0.1) is 24.2 Å². The van der Waals surface area contributed by atoms with E-state index in [1.165, 1.54) is 18.7 Å². The molecule has 2 aromatic carbocycles. The molecule has 1 aliphatic rings. The summed E-state index contributed by atoms with van der Waals surface area (Å²) in [6.45, 7) is 2.15. The van der Waals surface area contributed by atoms with E-state index in [0.29, 0.717) is 40.6 Å². The number of carbonyl (C=O) groups is 1. The zero-order valence-electron chi connectivity index (χ0n) is 18.9. The number of anilines is 1. The second kappa shape index (κ2) is 8.82. The molecule has 4 rings (SSSR count). The predicted octanol–water partition coefficient (Wildman–Crippen LogP) is 2.67. The standard InChI is InChI=1S/C25H25N3O5/c1-15-19(24(30)32-4)20(21-22(26-15)27(2)25(31)28(3)23(21)29)17-10-12-18(13-11-17)33-14-16-8-6-5-7-9-16/h5-13,20,26H,14H2,1-4H3/t20-/m0/s1. The summed E-state index contributed by atoms with van der Waals surface area (Å²) in [5.41, 5.74) is 1.98. The molecule has 33 heavy (non-hydrogen) atoms. The third kappa shape index (κ3) is 3.95. The maximum Gasteiger partial charge on any atom is 0.336 e. The molecule has 0 aliphatic carbocycles. The van der Waals surface area contributed by atoms with Gasteiger partial charge in [0, 0.05) is 19.8 Å². The van der Waals surface area contributed by atoms with Crippen molar-refractivity contribution >= 4 is 11.8 Å². The fourth-order valence-corrected chi connectivity index (χ4v) is 4.10. The van der Waals surface area contributed by atoms with Gasteiger partial charge in [0.1, 0.15) is 18.2 Å². The van der Waals surface area contributed by atoms with Crippen molar-refractivity contribution in [2.75, 3.05) is 12.4 Å². The molecule has 0 radical (unpaired) electrons. The second-order valence-corrected chi connectivity index (χ2v) is 7.90. The van der Waals surface area contributed by atoms with E-state index < -0.39 is 23.1 Å². The van der Waals surface area contributed by atoms with Crippen molar-refractivity contribution in [2.45, 2.75) is 19.4 Å². The number of methoxy groups -OCH3 is 1. The summed E-state index contributed by atoms with van der Waals surface area (Å²) in [5, 5.41) is 3.06. The van der Waals surface area contributed by atoms with Crippen LogP contribution in [0.25, 0.3) is 0 Å². The molecule has 0 saturated carbocycles. The Morgan fingerprint density at radius 3 is 2.30 bits per heavy atom. The van der Waals surface area contributed by atoms with Gasteiger partial charge in [-0.15, -0.1) is 0 Å². The van der Waals surface area contributed by atoms with E-state index in [0.717, 1.165) is 10.1 Å². The van der Waals surface area contributed by atoms with Gasteiger partial charge in [0.2, 0.25) is 0 Å². The molecule has 0 bridgehead atoms. The average Bonchev–Trinajstić information content (AvgIpc) is 2.84. The van der Waals surface area contributed by atoms with Gasteiger partial charge in [0.15, 0.2) is 0 Å². The van der Waals surface area contributed by atoms with E-state index in [4.69, 9.17) is 9.47 Å². The van der Waals surface area contributed by atoms with E-state index in [2.05, 4.69) is 5.32 Å². The molecule has 0 saturated heterocycles. The number of allylic oxidation sites excluding steroid dienone is 1. The number of carbonyl (C=O) groups excluding carboxylic acids is 1. The maximum absolute atomic E-state index is 13.2. The lowest BCUT2D eigenvalue weighted by atomic mass is 9.82. The first-order chi connectivity index (χ1) is 15.8. The van der Waals surface area contributed by atoms with Crippen molar-refractivity contribution in [3.8, 4) is 5.75 Å². The third-order valence-electron chi connectivity index (χ3n) is 5.85. The number of hydrogen-bond acceptors (Lipinski definition) is 6. The Morgan fingerprint density at radius 1 is 1.00 bits per heavy atom. The Labute approximate surface area is 190 Å². The van der Waals surface area contributed by atoms with E-state index >= 15 is 0 Å². The van der Waals surface area contributed by atoms with Gasteiger partial charge >= 0.3 is 11.7 Å². The molecule has 2 heterocycles.